The molecule has 0 saturated heterocycles. The molecule has 0 aliphatic rings. The third-order valence-corrected chi connectivity index (χ3v) is 12.0. The molecule has 0 aliphatic carbocycles. The fourth-order valence-corrected chi connectivity index (χ4v) is 9.53. The molecule has 0 amide bonds. The summed E-state index contributed by atoms with van der Waals surface area (Å²) < 4.78 is 47.4. The van der Waals surface area contributed by atoms with Crippen molar-refractivity contribution in [2.24, 2.45) is 23.7 Å². The maximum absolute atomic E-state index is 13.2. The lowest BCUT2D eigenvalue weighted by atomic mass is 9.88. The second-order valence-electron chi connectivity index (χ2n) is 20.8. The smallest absolute Gasteiger partial charge is 0.344 e. The van der Waals surface area contributed by atoms with Gasteiger partial charge in [0, 0.05) is 19.3 Å². The molecule has 0 fully saturated rings. The van der Waals surface area contributed by atoms with Crippen molar-refractivity contribution in [1.82, 2.24) is 0 Å². The minimum Gasteiger partial charge on any atom is -0.481 e. The Balaban J connectivity index is 2.09. The summed E-state index contributed by atoms with van der Waals surface area (Å²) in [5.41, 5.74) is 11.3. The van der Waals surface area contributed by atoms with Crippen LogP contribution in [-0.2, 0) is 89.5 Å². The minimum atomic E-state index is -0.504. The van der Waals surface area contributed by atoms with E-state index in [1.54, 1.807) is 27.7 Å². The van der Waals surface area contributed by atoms with E-state index in [-0.39, 0.29) is 52.9 Å². The first-order valence-electron chi connectivity index (χ1n) is 27.0. The Kier molecular flexibility index (Phi) is 24.8. The molecule has 406 valence electrons. The van der Waals surface area contributed by atoms with Gasteiger partial charge in [0.25, 0.3) is 0 Å². The number of ether oxygens (including phenoxy) is 8. The molecule has 0 spiro atoms. The summed E-state index contributed by atoms with van der Waals surface area (Å²) in [4.78, 5) is 51.9. The van der Waals surface area contributed by atoms with Crippen LogP contribution in [0.5, 0.6) is 23.0 Å². The van der Waals surface area contributed by atoms with Gasteiger partial charge in [-0.05, 0) is 157 Å². The Bertz CT molecular complexity index is 2480. The van der Waals surface area contributed by atoms with Crippen molar-refractivity contribution in [3.8, 4) is 23.0 Å². The van der Waals surface area contributed by atoms with Gasteiger partial charge in [-0.1, -0.05) is 111 Å². The monoisotopic (exact) mass is 1020 g/mol. The minimum absolute atomic E-state index is 0.195. The van der Waals surface area contributed by atoms with Gasteiger partial charge in [0.2, 0.25) is 0 Å². The van der Waals surface area contributed by atoms with Crippen molar-refractivity contribution in [2.45, 2.75) is 148 Å². The summed E-state index contributed by atoms with van der Waals surface area (Å²) in [7, 11) is 0. The summed E-state index contributed by atoms with van der Waals surface area (Å²) in [5, 5.41) is 0. The average Bonchev–Trinajstić information content (AvgIpc) is 3.30. The Hall–Kier alpha value is -6.04. The first-order chi connectivity index (χ1) is 35.3. The van der Waals surface area contributed by atoms with Gasteiger partial charge in [-0.3, -0.25) is 0 Å². The molecular weight excluding hydrogens is 937 g/mol. The maximum Gasteiger partial charge on any atom is 0.344 e. The topological polar surface area (TPSA) is 142 Å². The maximum atomic E-state index is 13.2. The third kappa shape index (κ3) is 19.3. The fourth-order valence-electron chi connectivity index (χ4n) is 9.53. The molecule has 0 saturated carbocycles. The van der Waals surface area contributed by atoms with Crippen LogP contribution in [0.3, 0.4) is 0 Å². The zero-order chi connectivity index (χ0) is 54.5. The van der Waals surface area contributed by atoms with E-state index < -0.39 is 23.9 Å². The highest BCUT2D eigenvalue weighted by molar-refractivity contribution is 5.73. The standard InChI is InChI=1S/C62H86O12/c1-15-48-25-45(21-40(8)9)27-50(60(48)72-36-56(64)68-17-3)33-52-29-47(23-42(12)13)31-54(62(52)74-38-58(66)70-19-5)34-53-30-46(22-41(10)11)28-51(61(53)73-37-57(65)69-18-4)32-49-26-44(20-39(6)7)24-43(14)59(49)71-35-55(63)67-16-2/h24-31,39-42H,15-23,32-38H2,1-14H3. The second kappa shape index (κ2) is 30.4. The van der Waals surface area contributed by atoms with E-state index in [4.69, 9.17) is 37.9 Å². The molecule has 0 radical (unpaired) electrons. The molecule has 0 heterocycles. The first kappa shape index (κ1) is 60.5. The van der Waals surface area contributed by atoms with Crippen LogP contribution in [-0.4, -0.2) is 76.7 Å². The molecule has 0 aromatic heterocycles. The highest BCUT2D eigenvalue weighted by Gasteiger charge is 2.25. The predicted octanol–water partition coefficient (Wildman–Crippen LogP) is 11.9. The Morgan fingerprint density at radius 3 is 0.838 bits per heavy atom. The Morgan fingerprint density at radius 2 is 0.581 bits per heavy atom. The molecule has 74 heavy (non-hydrogen) atoms. The van der Waals surface area contributed by atoms with Crippen molar-refractivity contribution in [2.75, 3.05) is 52.9 Å². The van der Waals surface area contributed by atoms with Crippen LogP contribution in [0.2, 0.25) is 0 Å². The average molecular weight is 1020 g/mol. The summed E-state index contributed by atoms with van der Waals surface area (Å²) in [6.45, 7) is 28.3. The van der Waals surface area contributed by atoms with Crippen molar-refractivity contribution in [3.63, 3.8) is 0 Å². The SMILES string of the molecule is CCOC(=O)COc1c(C)cc(CC(C)C)cc1Cc1cc(CC(C)C)cc(Cc2cc(CC(C)C)cc(Cc3cc(CC(C)C)cc(CC)c3OCC(=O)OCC)c2OCC(=O)OCC)c1OCC(=O)OCC. The summed E-state index contributed by atoms with van der Waals surface area (Å²) in [5.74, 6) is 1.70. The van der Waals surface area contributed by atoms with Crippen molar-refractivity contribution in [3.05, 3.63) is 115 Å². The number of carbonyl (C=O) groups is 4. The van der Waals surface area contributed by atoms with E-state index in [0.717, 1.165) is 92.4 Å². The lowest BCUT2D eigenvalue weighted by molar-refractivity contribution is -0.146. The summed E-state index contributed by atoms with van der Waals surface area (Å²) >= 11 is 0. The quantitative estimate of drug-likeness (QED) is 0.0350. The number of hydrogen-bond acceptors (Lipinski definition) is 12. The molecular formula is C62H86O12. The van der Waals surface area contributed by atoms with Crippen LogP contribution in [0.15, 0.2) is 48.5 Å². The van der Waals surface area contributed by atoms with Crippen LogP contribution in [0, 0.1) is 30.6 Å². The van der Waals surface area contributed by atoms with Gasteiger partial charge >= 0.3 is 23.9 Å². The molecule has 0 bridgehead atoms. The second-order valence-corrected chi connectivity index (χ2v) is 20.8. The molecule has 0 N–H and O–H groups in total. The highest BCUT2D eigenvalue weighted by Crippen LogP contribution is 2.40. The number of aryl methyl sites for hydroxylation is 2. The van der Waals surface area contributed by atoms with E-state index in [9.17, 15) is 19.2 Å². The molecule has 12 heteroatoms. The lowest BCUT2D eigenvalue weighted by Gasteiger charge is -2.23. The van der Waals surface area contributed by atoms with Gasteiger partial charge in [0.1, 0.15) is 23.0 Å². The molecule has 0 aliphatic heterocycles. The van der Waals surface area contributed by atoms with Gasteiger partial charge in [-0.15, -0.1) is 0 Å². The zero-order valence-electron chi connectivity index (χ0n) is 47.1. The van der Waals surface area contributed by atoms with Crippen LogP contribution in [0.1, 0.15) is 157 Å². The number of hydrogen-bond donors (Lipinski definition) is 0. The lowest BCUT2D eigenvalue weighted by Crippen LogP contribution is -2.18. The normalized spacial score (nSPS) is 11.3. The van der Waals surface area contributed by atoms with Gasteiger partial charge in [-0.25, -0.2) is 19.2 Å². The Labute approximate surface area is 442 Å². The van der Waals surface area contributed by atoms with Gasteiger partial charge in [0.05, 0.1) is 26.4 Å². The van der Waals surface area contributed by atoms with E-state index in [2.05, 4.69) is 111 Å². The van der Waals surface area contributed by atoms with Crippen LogP contribution < -0.4 is 18.9 Å². The van der Waals surface area contributed by atoms with Crippen LogP contribution >= 0.6 is 0 Å². The van der Waals surface area contributed by atoms with E-state index in [0.29, 0.717) is 72.4 Å². The summed E-state index contributed by atoms with van der Waals surface area (Å²) in [6, 6.07) is 17.2. The molecule has 0 atom stereocenters. The number of esters is 4. The van der Waals surface area contributed by atoms with Crippen molar-refractivity contribution < 1.29 is 57.1 Å². The number of benzene rings is 4. The first-order valence-corrected chi connectivity index (χ1v) is 27.0. The molecule has 4 aromatic carbocycles. The van der Waals surface area contributed by atoms with E-state index in [1.807, 2.05) is 6.92 Å². The predicted molar refractivity (Wildman–Crippen MR) is 291 cm³/mol. The van der Waals surface area contributed by atoms with Crippen molar-refractivity contribution >= 4 is 23.9 Å². The van der Waals surface area contributed by atoms with Crippen LogP contribution in [0.25, 0.3) is 0 Å². The highest BCUT2D eigenvalue weighted by atomic mass is 16.6. The molecule has 12 nitrogen and oxygen atoms in total. The molecule has 0 unspecified atom stereocenters. The zero-order valence-corrected chi connectivity index (χ0v) is 47.1. The van der Waals surface area contributed by atoms with Crippen LogP contribution in [0.4, 0.5) is 0 Å². The van der Waals surface area contributed by atoms with Gasteiger partial charge < -0.3 is 37.9 Å². The number of rotatable bonds is 31. The van der Waals surface area contributed by atoms with Gasteiger partial charge in [-0.2, -0.15) is 0 Å². The number of carbonyl (C=O) groups excluding carboxylic acids is 4. The molecule has 4 rings (SSSR count). The van der Waals surface area contributed by atoms with Crippen molar-refractivity contribution in [1.29, 1.82) is 0 Å². The Morgan fingerprint density at radius 1 is 0.351 bits per heavy atom. The van der Waals surface area contributed by atoms with E-state index in [1.165, 1.54) is 0 Å². The van der Waals surface area contributed by atoms with Gasteiger partial charge in [0.15, 0.2) is 26.4 Å². The molecule has 4 aromatic rings. The third-order valence-electron chi connectivity index (χ3n) is 12.0. The summed E-state index contributed by atoms with van der Waals surface area (Å²) in [6.07, 6.45) is 4.87. The van der Waals surface area contributed by atoms with E-state index >= 15 is 0 Å². The largest absolute Gasteiger partial charge is 0.481 e. The fraction of sp³-hybridized carbons (Fsp3) is 0.548.